The molecule has 1 aliphatic carbocycles. The highest BCUT2D eigenvalue weighted by atomic mass is 16.5. The Morgan fingerprint density at radius 1 is 1.50 bits per heavy atom. The fourth-order valence-electron chi connectivity index (χ4n) is 2.04. The monoisotopic (exact) mass is 168 g/mol. The summed E-state index contributed by atoms with van der Waals surface area (Å²) in [6.45, 7) is 1.29. The molecule has 0 aromatic rings. The van der Waals surface area contributed by atoms with Crippen LogP contribution in [0.5, 0.6) is 0 Å². The van der Waals surface area contributed by atoms with Gasteiger partial charge in [-0.05, 0) is 25.7 Å². The van der Waals surface area contributed by atoms with Gasteiger partial charge in [0.15, 0.2) is 0 Å². The first-order valence-electron chi connectivity index (χ1n) is 4.80. The Kier molecular flexibility index (Phi) is 2.47. The summed E-state index contributed by atoms with van der Waals surface area (Å²) in [6, 6.07) is 0. The quantitative estimate of drug-likeness (QED) is 0.633. The van der Waals surface area contributed by atoms with Crippen LogP contribution in [0.15, 0.2) is 11.6 Å². The third-order valence-electron chi connectivity index (χ3n) is 2.82. The molecule has 0 aromatic carbocycles. The van der Waals surface area contributed by atoms with Crippen LogP contribution in [0.3, 0.4) is 0 Å². The van der Waals surface area contributed by atoms with Crippen LogP contribution in [0.25, 0.3) is 0 Å². The maximum Gasteiger partial charge on any atom is 0.0826 e. The largest absolute Gasteiger partial charge is 0.390 e. The average molecular weight is 168 g/mol. The van der Waals surface area contributed by atoms with Crippen LogP contribution in [0.2, 0.25) is 0 Å². The minimum absolute atomic E-state index is 0.216. The van der Waals surface area contributed by atoms with Crippen molar-refractivity contribution in [3.8, 4) is 0 Å². The molecule has 2 heteroatoms. The molecule has 68 valence electrons. The van der Waals surface area contributed by atoms with Crippen molar-refractivity contribution < 1.29 is 9.84 Å². The second kappa shape index (κ2) is 3.58. The van der Waals surface area contributed by atoms with Crippen molar-refractivity contribution in [1.82, 2.24) is 0 Å². The molecule has 1 saturated heterocycles. The summed E-state index contributed by atoms with van der Waals surface area (Å²) in [6.07, 6.45) is 6.94. The Balaban J connectivity index is 1.85. The summed E-state index contributed by atoms with van der Waals surface area (Å²) in [5.41, 5.74) is 1.53. The summed E-state index contributed by atoms with van der Waals surface area (Å²) >= 11 is 0. The van der Waals surface area contributed by atoms with Crippen LogP contribution >= 0.6 is 0 Å². The van der Waals surface area contributed by atoms with E-state index in [2.05, 4.69) is 6.08 Å². The molecule has 2 aliphatic rings. The van der Waals surface area contributed by atoms with Crippen LogP contribution in [-0.4, -0.2) is 24.4 Å². The van der Waals surface area contributed by atoms with Gasteiger partial charge < -0.3 is 9.84 Å². The normalized spacial score (nSPS) is 35.6. The molecule has 0 radical (unpaired) electrons. The van der Waals surface area contributed by atoms with E-state index in [0.29, 0.717) is 12.5 Å². The van der Waals surface area contributed by atoms with Crippen LogP contribution in [0, 0.1) is 5.92 Å². The molecular weight excluding hydrogens is 152 g/mol. The minimum Gasteiger partial charge on any atom is -0.390 e. The average Bonchev–Trinajstić information content (AvgIpc) is 2.65. The van der Waals surface area contributed by atoms with E-state index < -0.39 is 0 Å². The van der Waals surface area contributed by atoms with E-state index in [4.69, 9.17) is 4.74 Å². The predicted molar refractivity (Wildman–Crippen MR) is 46.9 cm³/mol. The van der Waals surface area contributed by atoms with Crippen molar-refractivity contribution in [2.45, 2.75) is 31.8 Å². The minimum atomic E-state index is -0.216. The first-order chi connectivity index (χ1) is 5.86. The van der Waals surface area contributed by atoms with E-state index in [1.165, 1.54) is 24.8 Å². The van der Waals surface area contributed by atoms with E-state index in [1.54, 1.807) is 0 Å². The lowest BCUT2D eigenvalue weighted by Gasteiger charge is -2.12. The van der Waals surface area contributed by atoms with Crippen LogP contribution in [-0.2, 0) is 4.74 Å². The molecule has 0 amide bonds. The zero-order valence-corrected chi connectivity index (χ0v) is 7.33. The maximum absolute atomic E-state index is 9.50. The Labute approximate surface area is 73.2 Å². The van der Waals surface area contributed by atoms with Crippen LogP contribution < -0.4 is 0 Å². The van der Waals surface area contributed by atoms with Crippen molar-refractivity contribution in [1.29, 1.82) is 0 Å². The zero-order valence-electron chi connectivity index (χ0n) is 7.33. The topological polar surface area (TPSA) is 29.5 Å². The summed E-state index contributed by atoms with van der Waals surface area (Å²) in [4.78, 5) is 0. The van der Waals surface area contributed by atoms with Gasteiger partial charge in [0.05, 0.1) is 19.3 Å². The van der Waals surface area contributed by atoms with Gasteiger partial charge in [-0.15, -0.1) is 0 Å². The van der Waals surface area contributed by atoms with Crippen LogP contribution in [0.1, 0.15) is 25.7 Å². The molecule has 0 saturated carbocycles. The smallest absolute Gasteiger partial charge is 0.0826 e. The van der Waals surface area contributed by atoms with Gasteiger partial charge in [0.2, 0.25) is 0 Å². The van der Waals surface area contributed by atoms with Crippen molar-refractivity contribution in [3.05, 3.63) is 11.6 Å². The molecule has 0 spiro atoms. The van der Waals surface area contributed by atoms with Crippen molar-refractivity contribution >= 4 is 0 Å². The lowest BCUT2D eigenvalue weighted by atomic mass is 9.96. The number of aliphatic hydroxyl groups is 1. The molecule has 12 heavy (non-hydrogen) atoms. The van der Waals surface area contributed by atoms with Gasteiger partial charge in [-0.2, -0.15) is 0 Å². The van der Waals surface area contributed by atoms with Gasteiger partial charge in [-0.1, -0.05) is 11.6 Å². The number of allylic oxidation sites excluding steroid dienone is 2. The number of aliphatic hydroxyl groups excluding tert-OH is 1. The zero-order chi connectivity index (χ0) is 8.39. The third kappa shape index (κ3) is 1.70. The van der Waals surface area contributed by atoms with Crippen molar-refractivity contribution in [3.63, 3.8) is 0 Å². The number of rotatable bonds is 2. The molecule has 2 nitrogen and oxygen atoms in total. The Morgan fingerprint density at radius 2 is 2.42 bits per heavy atom. The highest BCUT2D eigenvalue weighted by Gasteiger charge is 2.27. The lowest BCUT2D eigenvalue weighted by Crippen LogP contribution is -2.17. The second-order valence-corrected chi connectivity index (χ2v) is 3.82. The van der Waals surface area contributed by atoms with Crippen molar-refractivity contribution in [2.24, 2.45) is 5.92 Å². The summed E-state index contributed by atoms with van der Waals surface area (Å²) < 4.78 is 5.20. The van der Waals surface area contributed by atoms with E-state index in [-0.39, 0.29) is 6.10 Å². The molecule has 0 aromatic heterocycles. The van der Waals surface area contributed by atoms with Gasteiger partial charge >= 0.3 is 0 Å². The Bertz CT molecular complexity index is 186. The molecule has 1 fully saturated rings. The lowest BCUT2D eigenvalue weighted by molar-refractivity contribution is 0.118. The maximum atomic E-state index is 9.50. The first-order valence-corrected chi connectivity index (χ1v) is 4.80. The van der Waals surface area contributed by atoms with Crippen molar-refractivity contribution in [2.75, 3.05) is 13.2 Å². The number of hydrogen-bond donors (Lipinski definition) is 1. The van der Waals surface area contributed by atoms with Gasteiger partial charge in [0.25, 0.3) is 0 Å². The fourth-order valence-corrected chi connectivity index (χ4v) is 2.04. The number of hydrogen-bond acceptors (Lipinski definition) is 2. The van der Waals surface area contributed by atoms with E-state index in [9.17, 15) is 5.11 Å². The molecule has 2 unspecified atom stereocenters. The Hall–Kier alpha value is -0.340. The highest BCUT2D eigenvalue weighted by molar-refractivity contribution is 5.09. The second-order valence-electron chi connectivity index (χ2n) is 3.82. The molecular formula is C10H16O2. The Morgan fingerprint density at radius 3 is 3.00 bits per heavy atom. The summed E-state index contributed by atoms with van der Waals surface area (Å²) in [7, 11) is 0. The fraction of sp³-hybridized carbons (Fsp3) is 0.800. The molecule has 2 atom stereocenters. The highest BCUT2D eigenvalue weighted by Crippen LogP contribution is 2.28. The van der Waals surface area contributed by atoms with Gasteiger partial charge in [0.1, 0.15) is 0 Å². The number of ether oxygens (including phenoxy) is 1. The van der Waals surface area contributed by atoms with Gasteiger partial charge in [-0.25, -0.2) is 0 Å². The van der Waals surface area contributed by atoms with E-state index >= 15 is 0 Å². The predicted octanol–water partition coefficient (Wildman–Crippen LogP) is 1.49. The van der Waals surface area contributed by atoms with Crippen LogP contribution in [0.4, 0.5) is 0 Å². The summed E-state index contributed by atoms with van der Waals surface area (Å²) in [5.74, 6) is 0.370. The first kappa shape index (κ1) is 8.27. The standard InChI is InChI=1S/C10H16O2/c11-10-7-12-6-9(10)5-8-3-1-2-4-8/h3,9-11H,1-2,4-7H2. The molecule has 1 aliphatic heterocycles. The molecule has 2 rings (SSSR count). The van der Waals surface area contributed by atoms with Gasteiger partial charge in [-0.3, -0.25) is 0 Å². The third-order valence-corrected chi connectivity index (χ3v) is 2.82. The summed E-state index contributed by atoms with van der Waals surface area (Å²) in [5, 5.41) is 9.50. The van der Waals surface area contributed by atoms with E-state index in [0.717, 1.165) is 13.0 Å². The molecule has 1 heterocycles. The molecule has 1 N–H and O–H groups in total. The van der Waals surface area contributed by atoms with Gasteiger partial charge in [0, 0.05) is 5.92 Å². The molecule has 0 bridgehead atoms. The van der Waals surface area contributed by atoms with E-state index in [1.807, 2.05) is 0 Å². The SMILES string of the molecule is OC1COCC1CC1=CCCC1.